The molecule has 0 spiro atoms. The van der Waals surface area contributed by atoms with Gasteiger partial charge in [-0.1, -0.05) is 30.8 Å². The standard InChI is InChI=1S/C17H19NO3/c1-11-10-12-6-3-4-7-13(12)14-8-5-9-15(17(20)21-2)18(14)16(11)19/h3-4,6-7,14-15H,1,5,8-10H2,2H3/t14-,15+/m1/s1. The molecule has 0 aliphatic carbocycles. The second-order valence-corrected chi connectivity index (χ2v) is 5.68. The van der Waals surface area contributed by atoms with Gasteiger partial charge in [-0.3, -0.25) is 4.79 Å². The van der Waals surface area contributed by atoms with Crippen molar-refractivity contribution in [2.75, 3.05) is 7.11 Å². The molecule has 2 atom stereocenters. The molecule has 2 aliphatic heterocycles. The van der Waals surface area contributed by atoms with Crippen molar-refractivity contribution < 1.29 is 14.3 Å². The van der Waals surface area contributed by atoms with Gasteiger partial charge in [-0.2, -0.15) is 0 Å². The Morgan fingerprint density at radius 1 is 1.33 bits per heavy atom. The number of esters is 1. The molecule has 0 radical (unpaired) electrons. The fourth-order valence-electron chi connectivity index (χ4n) is 3.46. The number of piperidine rings is 1. The third-order valence-corrected chi connectivity index (χ3v) is 4.45. The normalized spacial score (nSPS) is 24.9. The Bertz CT molecular complexity index is 608. The van der Waals surface area contributed by atoms with Crippen molar-refractivity contribution >= 4 is 11.9 Å². The molecule has 1 aromatic rings. The maximum Gasteiger partial charge on any atom is 0.328 e. The molecule has 2 aliphatic rings. The average Bonchev–Trinajstić information content (AvgIpc) is 2.63. The molecular formula is C17H19NO3. The van der Waals surface area contributed by atoms with Crippen molar-refractivity contribution in [3.63, 3.8) is 0 Å². The van der Waals surface area contributed by atoms with E-state index in [0.29, 0.717) is 18.4 Å². The first-order valence-electron chi connectivity index (χ1n) is 7.29. The molecular weight excluding hydrogens is 266 g/mol. The highest BCUT2D eigenvalue weighted by atomic mass is 16.5. The van der Waals surface area contributed by atoms with Crippen LogP contribution < -0.4 is 0 Å². The zero-order valence-corrected chi connectivity index (χ0v) is 12.2. The van der Waals surface area contributed by atoms with E-state index in [0.717, 1.165) is 24.0 Å². The molecule has 0 aromatic heterocycles. The van der Waals surface area contributed by atoms with Crippen LogP contribution in [0.5, 0.6) is 0 Å². The van der Waals surface area contributed by atoms with Crippen molar-refractivity contribution in [3.05, 3.63) is 47.5 Å². The van der Waals surface area contributed by atoms with Crippen molar-refractivity contribution in [3.8, 4) is 0 Å². The zero-order valence-electron chi connectivity index (χ0n) is 12.2. The van der Waals surface area contributed by atoms with Gasteiger partial charge < -0.3 is 9.64 Å². The third kappa shape index (κ3) is 2.24. The highest BCUT2D eigenvalue weighted by molar-refractivity contribution is 5.97. The first-order chi connectivity index (χ1) is 10.1. The summed E-state index contributed by atoms with van der Waals surface area (Å²) in [6.07, 6.45) is 3.00. The van der Waals surface area contributed by atoms with Crippen molar-refractivity contribution in [1.29, 1.82) is 0 Å². The molecule has 3 rings (SSSR count). The van der Waals surface area contributed by atoms with E-state index in [4.69, 9.17) is 4.74 Å². The summed E-state index contributed by atoms with van der Waals surface area (Å²) < 4.78 is 4.89. The van der Waals surface area contributed by atoms with Gasteiger partial charge in [0, 0.05) is 12.0 Å². The summed E-state index contributed by atoms with van der Waals surface area (Å²) in [4.78, 5) is 26.4. The fourth-order valence-corrected chi connectivity index (χ4v) is 3.46. The molecule has 0 N–H and O–H groups in total. The summed E-state index contributed by atoms with van der Waals surface area (Å²) in [5.41, 5.74) is 2.81. The molecule has 1 fully saturated rings. The Kier molecular flexibility index (Phi) is 3.53. The number of rotatable bonds is 1. The van der Waals surface area contributed by atoms with Crippen LogP contribution in [-0.4, -0.2) is 29.9 Å². The van der Waals surface area contributed by atoms with E-state index >= 15 is 0 Å². The van der Waals surface area contributed by atoms with Crippen LogP contribution in [0.1, 0.15) is 36.4 Å². The molecule has 21 heavy (non-hydrogen) atoms. The smallest absolute Gasteiger partial charge is 0.328 e. The summed E-state index contributed by atoms with van der Waals surface area (Å²) >= 11 is 0. The fraction of sp³-hybridized carbons (Fsp3) is 0.412. The Morgan fingerprint density at radius 3 is 2.86 bits per heavy atom. The number of benzene rings is 1. The van der Waals surface area contributed by atoms with Crippen LogP contribution in [0.25, 0.3) is 0 Å². The minimum Gasteiger partial charge on any atom is -0.467 e. The minimum atomic E-state index is -0.496. The van der Waals surface area contributed by atoms with Crippen LogP contribution in [-0.2, 0) is 20.7 Å². The van der Waals surface area contributed by atoms with Gasteiger partial charge in [0.05, 0.1) is 13.2 Å². The van der Waals surface area contributed by atoms with E-state index in [1.165, 1.54) is 7.11 Å². The lowest BCUT2D eigenvalue weighted by atomic mass is 9.89. The molecule has 4 nitrogen and oxygen atoms in total. The van der Waals surface area contributed by atoms with Gasteiger partial charge in [0.1, 0.15) is 6.04 Å². The summed E-state index contributed by atoms with van der Waals surface area (Å²) in [5.74, 6) is -0.452. The van der Waals surface area contributed by atoms with Gasteiger partial charge in [-0.05, 0) is 30.4 Å². The van der Waals surface area contributed by atoms with Crippen molar-refractivity contribution in [2.24, 2.45) is 0 Å². The van der Waals surface area contributed by atoms with Gasteiger partial charge in [-0.25, -0.2) is 4.79 Å². The van der Waals surface area contributed by atoms with Crippen LogP contribution in [0.15, 0.2) is 36.4 Å². The molecule has 110 valence electrons. The number of carbonyl (C=O) groups is 2. The Hall–Kier alpha value is -2.10. The minimum absolute atomic E-state index is 0.0502. The van der Waals surface area contributed by atoms with E-state index in [9.17, 15) is 9.59 Å². The van der Waals surface area contributed by atoms with Gasteiger partial charge in [-0.15, -0.1) is 0 Å². The topological polar surface area (TPSA) is 46.6 Å². The predicted molar refractivity (Wildman–Crippen MR) is 78.5 cm³/mol. The number of hydrogen-bond donors (Lipinski definition) is 0. The van der Waals surface area contributed by atoms with E-state index in [1.807, 2.05) is 18.2 Å². The summed E-state index contributed by atoms with van der Waals surface area (Å²) in [6, 6.07) is 7.51. The largest absolute Gasteiger partial charge is 0.467 e. The van der Waals surface area contributed by atoms with Crippen molar-refractivity contribution in [2.45, 2.75) is 37.8 Å². The van der Waals surface area contributed by atoms with Gasteiger partial charge in [0.2, 0.25) is 0 Å². The van der Waals surface area contributed by atoms with Crippen LogP contribution in [0.4, 0.5) is 0 Å². The molecule has 2 heterocycles. The number of methoxy groups -OCH3 is 1. The number of amides is 1. The third-order valence-electron chi connectivity index (χ3n) is 4.45. The van der Waals surface area contributed by atoms with E-state index in [-0.39, 0.29) is 17.9 Å². The average molecular weight is 285 g/mol. The Balaban J connectivity index is 2.09. The molecule has 1 aromatic carbocycles. The predicted octanol–water partition coefficient (Wildman–Crippen LogP) is 2.39. The van der Waals surface area contributed by atoms with Crippen molar-refractivity contribution in [1.82, 2.24) is 4.90 Å². The Morgan fingerprint density at radius 2 is 2.10 bits per heavy atom. The molecule has 4 heteroatoms. The zero-order chi connectivity index (χ0) is 15.0. The lowest BCUT2D eigenvalue weighted by molar-refractivity contribution is -0.156. The number of carbonyl (C=O) groups excluding carboxylic acids is 2. The summed E-state index contributed by atoms with van der Waals surface area (Å²) in [6.45, 7) is 3.92. The number of nitrogens with zero attached hydrogens (tertiary/aromatic N) is 1. The van der Waals surface area contributed by atoms with Gasteiger partial charge >= 0.3 is 5.97 Å². The lowest BCUT2D eigenvalue weighted by Gasteiger charge is -2.40. The van der Waals surface area contributed by atoms with Gasteiger partial charge in [0.25, 0.3) is 5.91 Å². The second kappa shape index (κ2) is 5.35. The molecule has 0 unspecified atom stereocenters. The van der Waals surface area contributed by atoms with Crippen LogP contribution in [0, 0.1) is 0 Å². The first-order valence-corrected chi connectivity index (χ1v) is 7.29. The van der Waals surface area contributed by atoms with E-state index < -0.39 is 6.04 Å². The number of ether oxygens (including phenoxy) is 1. The van der Waals surface area contributed by atoms with Crippen LogP contribution >= 0.6 is 0 Å². The summed E-state index contributed by atoms with van der Waals surface area (Å²) in [7, 11) is 1.37. The quantitative estimate of drug-likeness (QED) is 0.588. The molecule has 1 saturated heterocycles. The Labute approximate surface area is 124 Å². The van der Waals surface area contributed by atoms with Gasteiger partial charge in [0.15, 0.2) is 0 Å². The highest BCUT2D eigenvalue weighted by Gasteiger charge is 2.42. The maximum absolute atomic E-state index is 12.7. The molecule has 0 bridgehead atoms. The molecule has 0 saturated carbocycles. The van der Waals surface area contributed by atoms with Crippen LogP contribution in [0.2, 0.25) is 0 Å². The van der Waals surface area contributed by atoms with E-state index in [1.54, 1.807) is 4.90 Å². The summed E-state index contributed by atoms with van der Waals surface area (Å²) in [5, 5.41) is 0. The SMILES string of the molecule is C=C1Cc2ccccc2[C@H]2CCC[C@@H](C(=O)OC)N2C1=O. The maximum atomic E-state index is 12.7. The van der Waals surface area contributed by atoms with E-state index in [2.05, 4.69) is 12.6 Å². The number of hydrogen-bond acceptors (Lipinski definition) is 3. The van der Waals surface area contributed by atoms with Crippen LogP contribution in [0.3, 0.4) is 0 Å². The lowest BCUT2D eigenvalue weighted by Crippen LogP contribution is -2.49. The number of fused-ring (bicyclic) bond motifs is 3. The molecule has 1 amide bonds. The highest BCUT2D eigenvalue weighted by Crippen LogP contribution is 2.40. The first kappa shape index (κ1) is 13.9. The monoisotopic (exact) mass is 285 g/mol. The second-order valence-electron chi connectivity index (χ2n) is 5.68.